The topological polar surface area (TPSA) is 100 Å². The number of hydrogen-bond acceptors (Lipinski definition) is 8. The maximum Gasteiger partial charge on any atom is 0.353 e. The van der Waals surface area contributed by atoms with E-state index >= 15 is 0 Å². The highest BCUT2D eigenvalue weighted by molar-refractivity contribution is 5.74. The normalized spacial score (nSPS) is 14.0. The predicted octanol–water partition coefficient (Wildman–Crippen LogP) is 2.85. The molecule has 0 aliphatic carbocycles. The largest absolute Gasteiger partial charge is 0.368 e. The summed E-state index contributed by atoms with van der Waals surface area (Å²) < 4.78 is 0. The number of piperazine rings is 1. The van der Waals surface area contributed by atoms with E-state index in [0.717, 1.165) is 18.8 Å². The Balaban J connectivity index is 1.56. The lowest BCUT2D eigenvalue weighted by Gasteiger charge is -2.36. The maximum absolute atomic E-state index is 11.8. The van der Waals surface area contributed by atoms with Crippen LogP contribution in [0.2, 0.25) is 0 Å². The molecule has 0 radical (unpaired) electrons. The van der Waals surface area contributed by atoms with E-state index < -0.39 is 4.92 Å². The van der Waals surface area contributed by atoms with Crippen molar-refractivity contribution < 1.29 is 4.92 Å². The molecular formula is C19H19N7O2. The first-order chi connectivity index (χ1) is 13.7. The summed E-state index contributed by atoms with van der Waals surface area (Å²) in [5.74, 6) is 0.493. The number of nitrogens with zero attached hydrogens (tertiary/aromatic N) is 6. The lowest BCUT2D eigenvalue weighted by atomic mass is 10.2. The van der Waals surface area contributed by atoms with Crippen molar-refractivity contribution in [3.05, 3.63) is 71.3 Å². The van der Waals surface area contributed by atoms with Crippen LogP contribution >= 0.6 is 0 Å². The van der Waals surface area contributed by atoms with Crippen LogP contribution in [0.1, 0.15) is 0 Å². The molecule has 0 atom stereocenters. The lowest BCUT2D eigenvalue weighted by Crippen LogP contribution is -2.47. The molecule has 1 aliphatic heterocycles. The van der Waals surface area contributed by atoms with E-state index in [0.29, 0.717) is 24.6 Å². The first-order valence-corrected chi connectivity index (χ1v) is 8.94. The number of para-hydroxylation sites is 1. The number of pyridine rings is 1. The summed E-state index contributed by atoms with van der Waals surface area (Å²) in [4.78, 5) is 27.9. The Morgan fingerprint density at radius 2 is 1.71 bits per heavy atom. The molecule has 0 amide bonds. The highest BCUT2D eigenvalue weighted by Gasteiger charge is 2.29. The van der Waals surface area contributed by atoms with E-state index in [4.69, 9.17) is 0 Å². The van der Waals surface area contributed by atoms with Gasteiger partial charge in [0.05, 0.1) is 16.8 Å². The average molecular weight is 377 g/mol. The summed E-state index contributed by atoms with van der Waals surface area (Å²) in [5, 5.41) is 14.8. The lowest BCUT2D eigenvalue weighted by molar-refractivity contribution is -0.383. The zero-order valence-electron chi connectivity index (χ0n) is 15.1. The first kappa shape index (κ1) is 17.7. The van der Waals surface area contributed by atoms with Crippen LogP contribution in [0.4, 0.5) is 28.7 Å². The second-order valence-corrected chi connectivity index (χ2v) is 6.33. The van der Waals surface area contributed by atoms with E-state index in [-0.39, 0.29) is 11.5 Å². The van der Waals surface area contributed by atoms with Gasteiger partial charge in [-0.1, -0.05) is 18.2 Å². The summed E-state index contributed by atoms with van der Waals surface area (Å²) >= 11 is 0. The van der Waals surface area contributed by atoms with E-state index in [1.807, 2.05) is 23.1 Å². The van der Waals surface area contributed by atoms with Gasteiger partial charge in [0, 0.05) is 38.1 Å². The third-order valence-electron chi connectivity index (χ3n) is 4.61. The number of aromatic nitrogens is 3. The zero-order chi connectivity index (χ0) is 19.3. The minimum atomic E-state index is -0.433. The minimum absolute atomic E-state index is 0.125. The summed E-state index contributed by atoms with van der Waals surface area (Å²) in [6.45, 7) is 2.80. The van der Waals surface area contributed by atoms with E-state index in [1.54, 1.807) is 24.5 Å². The second kappa shape index (κ2) is 7.87. The molecule has 0 bridgehead atoms. The van der Waals surface area contributed by atoms with Gasteiger partial charge in [0.15, 0.2) is 0 Å². The number of rotatable bonds is 5. The van der Waals surface area contributed by atoms with Crippen LogP contribution in [0.25, 0.3) is 0 Å². The van der Waals surface area contributed by atoms with Crippen LogP contribution < -0.4 is 15.1 Å². The zero-order valence-corrected chi connectivity index (χ0v) is 15.1. The Kier molecular flexibility index (Phi) is 4.96. The molecule has 9 heteroatoms. The molecular weight excluding hydrogens is 358 g/mol. The molecule has 1 fully saturated rings. The first-order valence-electron chi connectivity index (χ1n) is 8.94. The van der Waals surface area contributed by atoms with Crippen molar-refractivity contribution in [2.24, 2.45) is 0 Å². The van der Waals surface area contributed by atoms with Gasteiger partial charge >= 0.3 is 5.69 Å². The highest BCUT2D eigenvalue weighted by Crippen LogP contribution is 2.34. The third kappa shape index (κ3) is 3.68. The van der Waals surface area contributed by atoms with Gasteiger partial charge in [-0.2, -0.15) is 0 Å². The number of hydrogen-bond donors (Lipinski definition) is 1. The fourth-order valence-corrected chi connectivity index (χ4v) is 3.25. The second-order valence-electron chi connectivity index (χ2n) is 6.33. The van der Waals surface area contributed by atoms with Crippen molar-refractivity contribution in [1.29, 1.82) is 0 Å². The van der Waals surface area contributed by atoms with Gasteiger partial charge in [0.1, 0.15) is 6.33 Å². The molecule has 1 N–H and O–H groups in total. The van der Waals surface area contributed by atoms with E-state index in [2.05, 4.69) is 37.3 Å². The van der Waals surface area contributed by atoms with E-state index in [1.165, 1.54) is 6.33 Å². The standard InChI is InChI=1S/C19H19N7O2/c27-26(28)17-18(23-15-5-4-8-20-13-15)21-14-22-19(17)25-11-9-24(10-12-25)16-6-2-1-3-7-16/h1-8,13-14H,9-12H2,(H,21,22,23). The van der Waals surface area contributed by atoms with Crippen molar-refractivity contribution in [3.8, 4) is 0 Å². The fraction of sp³-hybridized carbons (Fsp3) is 0.211. The predicted molar refractivity (Wildman–Crippen MR) is 107 cm³/mol. The van der Waals surface area contributed by atoms with Gasteiger partial charge < -0.3 is 15.1 Å². The van der Waals surface area contributed by atoms with Crippen molar-refractivity contribution in [3.63, 3.8) is 0 Å². The molecule has 1 aliphatic rings. The van der Waals surface area contributed by atoms with Gasteiger partial charge in [-0.25, -0.2) is 9.97 Å². The quantitative estimate of drug-likeness (QED) is 0.535. The Labute approximate surface area is 161 Å². The fourth-order valence-electron chi connectivity index (χ4n) is 3.25. The van der Waals surface area contributed by atoms with Crippen LogP contribution in [0.3, 0.4) is 0 Å². The minimum Gasteiger partial charge on any atom is -0.368 e. The number of nitrogens with one attached hydrogen (secondary N) is 1. The van der Waals surface area contributed by atoms with Crippen LogP contribution in [0.15, 0.2) is 61.2 Å². The van der Waals surface area contributed by atoms with Crippen molar-refractivity contribution >= 4 is 28.7 Å². The molecule has 28 heavy (non-hydrogen) atoms. The Morgan fingerprint density at radius 3 is 2.39 bits per heavy atom. The molecule has 2 aromatic heterocycles. The number of anilines is 4. The third-order valence-corrected chi connectivity index (χ3v) is 4.61. The molecule has 1 saturated heterocycles. The van der Waals surface area contributed by atoms with Crippen LogP contribution in [0, 0.1) is 10.1 Å². The molecule has 3 heterocycles. The van der Waals surface area contributed by atoms with Crippen LogP contribution in [-0.4, -0.2) is 46.1 Å². The van der Waals surface area contributed by atoms with Crippen molar-refractivity contribution in [1.82, 2.24) is 15.0 Å². The van der Waals surface area contributed by atoms with Crippen LogP contribution in [-0.2, 0) is 0 Å². The number of nitro groups is 1. The monoisotopic (exact) mass is 377 g/mol. The summed E-state index contributed by atoms with van der Waals surface area (Å²) in [5.41, 5.74) is 1.65. The molecule has 0 unspecified atom stereocenters. The molecule has 0 spiro atoms. The molecule has 142 valence electrons. The average Bonchev–Trinajstić information content (AvgIpc) is 2.75. The Bertz CT molecular complexity index is 945. The smallest absolute Gasteiger partial charge is 0.353 e. The summed E-state index contributed by atoms with van der Waals surface area (Å²) in [6.07, 6.45) is 4.58. The maximum atomic E-state index is 11.8. The Morgan fingerprint density at radius 1 is 0.964 bits per heavy atom. The van der Waals surface area contributed by atoms with Gasteiger partial charge in [-0.05, 0) is 24.3 Å². The Hall–Kier alpha value is -3.75. The molecule has 1 aromatic carbocycles. The molecule has 0 saturated carbocycles. The molecule has 4 rings (SSSR count). The van der Waals surface area contributed by atoms with E-state index in [9.17, 15) is 10.1 Å². The molecule has 9 nitrogen and oxygen atoms in total. The molecule has 3 aromatic rings. The highest BCUT2D eigenvalue weighted by atomic mass is 16.6. The van der Waals surface area contributed by atoms with Gasteiger partial charge in [0.25, 0.3) is 0 Å². The summed E-state index contributed by atoms with van der Waals surface area (Å²) in [6, 6.07) is 13.7. The summed E-state index contributed by atoms with van der Waals surface area (Å²) in [7, 11) is 0. The van der Waals surface area contributed by atoms with Crippen molar-refractivity contribution in [2.75, 3.05) is 41.3 Å². The van der Waals surface area contributed by atoms with Crippen LogP contribution in [0.5, 0.6) is 0 Å². The van der Waals surface area contributed by atoms with Gasteiger partial charge in [-0.15, -0.1) is 0 Å². The SMILES string of the molecule is O=[N+]([O-])c1c(Nc2cccnc2)ncnc1N1CCN(c2ccccc2)CC1. The van der Waals surface area contributed by atoms with Gasteiger partial charge in [0.2, 0.25) is 11.6 Å². The number of benzene rings is 1. The van der Waals surface area contributed by atoms with Gasteiger partial charge in [-0.3, -0.25) is 15.1 Å². The van der Waals surface area contributed by atoms with Crippen molar-refractivity contribution in [2.45, 2.75) is 0 Å².